The number of aryl methyl sites for hydroxylation is 1. The topological polar surface area (TPSA) is 69.0 Å². The first-order valence-corrected chi connectivity index (χ1v) is 8.68. The highest BCUT2D eigenvalue weighted by atomic mass is 16.5. The number of nitrogens with one attached hydrogen (secondary N) is 1. The summed E-state index contributed by atoms with van der Waals surface area (Å²) in [7, 11) is 0. The number of imidazole rings is 1. The molecule has 2 heterocycles. The second kappa shape index (κ2) is 8.29. The number of carbonyl (C=O) groups is 1. The Morgan fingerprint density at radius 2 is 1.96 bits per heavy atom. The highest BCUT2D eigenvalue weighted by Gasteiger charge is 2.08. The molecule has 3 aromatic rings. The van der Waals surface area contributed by atoms with Gasteiger partial charge in [-0.15, -0.1) is 0 Å². The third kappa shape index (κ3) is 4.27. The summed E-state index contributed by atoms with van der Waals surface area (Å²) in [4.78, 5) is 20.9. The van der Waals surface area contributed by atoms with E-state index in [4.69, 9.17) is 4.74 Å². The van der Waals surface area contributed by atoms with E-state index >= 15 is 0 Å². The van der Waals surface area contributed by atoms with Crippen LogP contribution in [0.15, 0.2) is 55.0 Å². The van der Waals surface area contributed by atoms with Crippen molar-refractivity contribution in [2.75, 3.05) is 11.9 Å². The SMILES string of the molecule is CCCCOc1ccc(C(=O)Nc2ccc(-n3ccnc3C)nc2)cc1. The van der Waals surface area contributed by atoms with Gasteiger partial charge in [0.15, 0.2) is 0 Å². The molecule has 6 nitrogen and oxygen atoms in total. The molecule has 0 aliphatic heterocycles. The molecule has 0 saturated carbocycles. The molecule has 6 heteroatoms. The second-order valence-corrected chi connectivity index (χ2v) is 5.93. The lowest BCUT2D eigenvalue weighted by atomic mass is 10.2. The van der Waals surface area contributed by atoms with Crippen LogP contribution in [0.1, 0.15) is 35.9 Å². The largest absolute Gasteiger partial charge is 0.494 e. The van der Waals surface area contributed by atoms with E-state index in [0.717, 1.165) is 30.2 Å². The average Bonchev–Trinajstić information content (AvgIpc) is 3.09. The van der Waals surface area contributed by atoms with E-state index in [2.05, 4.69) is 22.2 Å². The number of pyridine rings is 1. The molecule has 0 bridgehead atoms. The van der Waals surface area contributed by atoms with Crippen molar-refractivity contribution in [3.05, 3.63) is 66.4 Å². The van der Waals surface area contributed by atoms with Crippen LogP contribution < -0.4 is 10.1 Å². The van der Waals surface area contributed by atoms with Crippen molar-refractivity contribution >= 4 is 11.6 Å². The summed E-state index contributed by atoms with van der Waals surface area (Å²) in [5.74, 6) is 2.21. The number of hydrogen-bond acceptors (Lipinski definition) is 4. The second-order valence-electron chi connectivity index (χ2n) is 5.93. The van der Waals surface area contributed by atoms with Crippen LogP contribution in [0.5, 0.6) is 5.75 Å². The van der Waals surface area contributed by atoms with Gasteiger partial charge < -0.3 is 10.1 Å². The quantitative estimate of drug-likeness (QED) is 0.654. The molecule has 3 rings (SSSR count). The zero-order valence-corrected chi connectivity index (χ0v) is 15.0. The lowest BCUT2D eigenvalue weighted by molar-refractivity contribution is 0.102. The number of nitrogens with zero attached hydrogens (tertiary/aromatic N) is 3. The number of benzene rings is 1. The predicted octanol–water partition coefficient (Wildman–Crippen LogP) is 4.01. The maximum atomic E-state index is 12.4. The van der Waals surface area contributed by atoms with E-state index in [1.807, 2.05) is 42.0 Å². The number of rotatable bonds is 7. The van der Waals surface area contributed by atoms with Gasteiger partial charge in [0, 0.05) is 18.0 Å². The number of amides is 1. The summed E-state index contributed by atoms with van der Waals surface area (Å²) >= 11 is 0. The Labute approximate surface area is 152 Å². The van der Waals surface area contributed by atoms with Crippen molar-refractivity contribution in [2.24, 2.45) is 0 Å². The Morgan fingerprint density at radius 1 is 1.15 bits per heavy atom. The van der Waals surface area contributed by atoms with Crippen LogP contribution in [0.3, 0.4) is 0 Å². The van der Waals surface area contributed by atoms with E-state index in [-0.39, 0.29) is 5.91 Å². The van der Waals surface area contributed by atoms with Gasteiger partial charge in [0.2, 0.25) is 0 Å². The molecule has 2 aromatic heterocycles. The van der Waals surface area contributed by atoms with Gasteiger partial charge in [0.1, 0.15) is 17.4 Å². The van der Waals surface area contributed by atoms with Crippen LogP contribution in [0.25, 0.3) is 5.82 Å². The van der Waals surface area contributed by atoms with Gasteiger partial charge in [-0.3, -0.25) is 9.36 Å². The number of ether oxygens (including phenoxy) is 1. The molecule has 134 valence electrons. The van der Waals surface area contributed by atoms with Crippen LogP contribution in [0, 0.1) is 6.92 Å². The molecule has 0 aliphatic rings. The first-order chi connectivity index (χ1) is 12.7. The molecule has 1 N–H and O–H groups in total. The van der Waals surface area contributed by atoms with Crippen LogP contribution in [-0.2, 0) is 0 Å². The maximum absolute atomic E-state index is 12.4. The van der Waals surface area contributed by atoms with Gasteiger partial charge in [-0.25, -0.2) is 9.97 Å². The number of anilines is 1. The van der Waals surface area contributed by atoms with E-state index in [1.165, 1.54) is 0 Å². The van der Waals surface area contributed by atoms with Crippen LogP contribution in [-0.4, -0.2) is 27.0 Å². The zero-order chi connectivity index (χ0) is 18.4. The Morgan fingerprint density at radius 3 is 2.58 bits per heavy atom. The molecule has 0 radical (unpaired) electrons. The minimum absolute atomic E-state index is 0.182. The Bertz CT molecular complexity index is 854. The number of unbranched alkanes of at least 4 members (excludes halogenated alkanes) is 1. The smallest absolute Gasteiger partial charge is 0.255 e. The molecular weight excluding hydrogens is 328 g/mol. The normalized spacial score (nSPS) is 10.5. The van der Waals surface area contributed by atoms with Crippen molar-refractivity contribution in [1.82, 2.24) is 14.5 Å². The van der Waals surface area contributed by atoms with Gasteiger partial charge in [-0.1, -0.05) is 13.3 Å². The summed E-state index contributed by atoms with van der Waals surface area (Å²) < 4.78 is 7.49. The molecular formula is C20H22N4O2. The van der Waals surface area contributed by atoms with Crippen LogP contribution in [0.2, 0.25) is 0 Å². The van der Waals surface area contributed by atoms with E-state index in [9.17, 15) is 4.79 Å². The first-order valence-electron chi connectivity index (χ1n) is 8.68. The van der Waals surface area contributed by atoms with E-state index in [0.29, 0.717) is 17.9 Å². The Kier molecular flexibility index (Phi) is 5.63. The summed E-state index contributed by atoms with van der Waals surface area (Å²) in [6.45, 7) is 4.72. The molecule has 0 atom stereocenters. The van der Waals surface area contributed by atoms with E-state index in [1.54, 1.807) is 24.5 Å². The molecule has 1 aromatic carbocycles. The van der Waals surface area contributed by atoms with Crippen molar-refractivity contribution in [2.45, 2.75) is 26.7 Å². The lowest BCUT2D eigenvalue weighted by Crippen LogP contribution is -2.12. The Balaban J connectivity index is 1.61. The summed E-state index contributed by atoms with van der Waals surface area (Å²) in [5, 5.41) is 2.85. The molecule has 0 aliphatic carbocycles. The van der Waals surface area contributed by atoms with Gasteiger partial charge >= 0.3 is 0 Å². The van der Waals surface area contributed by atoms with Gasteiger partial charge in [0.05, 0.1) is 18.5 Å². The molecule has 26 heavy (non-hydrogen) atoms. The highest BCUT2D eigenvalue weighted by Crippen LogP contribution is 2.15. The van der Waals surface area contributed by atoms with E-state index < -0.39 is 0 Å². The van der Waals surface area contributed by atoms with Crippen LogP contribution in [0.4, 0.5) is 5.69 Å². The minimum atomic E-state index is -0.182. The molecule has 0 saturated heterocycles. The van der Waals surface area contributed by atoms with Gasteiger partial charge in [-0.05, 0) is 49.7 Å². The fraction of sp³-hybridized carbons (Fsp3) is 0.250. The average molecular weight is 350 g/mol. The van der Waals surface area contributed by atoms with Crippen LogP contribution >= 0.6 is 0 Å². The number of aromatic nitrogens is 3. The maximum Gasteiger partial charge on any atom is 0.255 e. The molecule has 1 amide bonds. The zero-order valence-electron chi connectivity index (χ0n) is 15.0. The molecule has 0 unspecified atom stereocenters. The third-order valence-corrected chi connectivity index (χ3v) is 3.96. The fourth-order valence-corrected chi connectivity index (χ4v) is 2.46. The van der Waals surface area contributed by atoms with Crippen molar-refractivity contribution in [3.63, 3.8) is 0 Å². The molecule has 0 spiro atoms. The predicted molar refractivity (Wildman–Crippen MR) is 101 cm³/mol. The number of hydrogen-bond donors (Lipinski definition) is 1. The first kappa shape index (κ1) is 17.7. The summed E-state index contributed by atoms with van der Waals surface area (Å²) in [5.41, 5.74) is 1.21. The van der Waals surface area contributed by atoms with Gasteiger partial charge in [0.25, 0.3) is 5.91 Å². The highest BCUT2D eigenvalue weighted by molar-refractivity contribution is 6.04. The lowest BCUT2D eigenvalue weighted by Gasteiger charge is -2.08. The Hall–Kier alpha value is -3.15. The summed E-state index contributed by atoms with van der Waals surface area (Å²) in [6, 6.07) is 10.8. The third-order valence-electron chi connectivity index (χ3n) is 3.96. The monoisotopic (exact) mass is 350 g/mol. The van der Waals surface area contributed by atoms with Gasteiger partial charge in [-0.2, -0.15) is 0 Å². The van der Waals surface area contributed by atoms with Crippen molar-refractivity contribution < 1.29 is 9.53 Å². The van der Waals surface area contributed by atoms with Crippen molar-refractivity contribution in [1.29, 1.82) is 0 Å². The summed E-state index contributed by atoms with van der Waals surface area (Å²) in [6.07, 6.45) is 7.31. The standard InChI is InChI=1S/C20H22N4O2/c1-3-4-13-26-18-8-5-16(6-9-18)20(25)23-17-7-10-19(22-14-17)24-12-11-21-15(24)2/h5-12,14H,3-4,13H2,1-2H3,(H,23,25). The number of carbonyl (C=O) groups excluding carboxylic acids is 1. The fourth-order valence-electron chi connectivity index (χ4n) is 2.46. The van der Waals surface area contributed by atoms with Crippen molar-refractivity contribution in [3.8, 4) is 11.6 Å². The molecule has 0 fully saturated rings. The minimum Gasteiger partial charge on any atom is -0.494 e.